The van der Waals surface area contributed by atoms with Crippen LogP contribution < -0.4 is 15.7 Å². The number of halogens is 1. The standard InChI is InChI=1S/C15H14ClNO3.C4H11N/c16-11-3-1-10(2-4-11)7-8-17-12-5-6-14(18)13(9-12)15(19)20;1-3-5-4-2/h1-6,9,17-18H,7-8H2,(H,19,20);5H,3-4H2,1-2H3. The maximum Gasteiger partial charge on any atom is 0.335 e. The first-order valence-corrected chi connectivity index (χ1v) is 8.70. The number of aromatic carboxylic acids is 1. The largest absolute Gasteiger partial charge is 0.872 e. The Hall–Kier alpha value is -2.24. The van der Waals surface area contributed by atoms with Gasteiger partial charge in [-0.25, -0.2) is 4.79 Å². The van der Waals surface area contributed by atoms with Crippen LogP contribution in [0.5, 0.6) is 5.75 Å². The van der Waals surface area contributed by atoms with Crippen LogP contribution in [-0.4, -0.2) is 30.7 Å². The summed E-state index contributed by atoms with van der Waals surface area (Å²) in [5.41, 5.74) is 1.53. The quantitative estimate of drug-likeness (QED) is 0.703. The lowest BCUT2D eigenvalue weighted by molar-refractivity contribution is -0.648. The Morgan fingerprint density at radius 2 is 1.80 bits per heavy atom. The summed E-state index contributed by atoms with van der Waals surface area (Å²) in [6, 6.07) is 11.7. The number of quaternary nitrogens is 1. The van der Waals surface area contributed by atoms with E-state index in [0.29, 0.717) is 17.3 Å². The van der Waals surface area contributed by atoms with Crippen LogP contribution in [0.25, 0.3) is 0 Å². The van der Waals surface area contributed by atoms with E-state index in [4.69, 9.17) is 16.7 Å². The van der Waals surface area contributed by atoms with Crippen LogP contribution >= 0.6 is 11.6 Å². The summed E-state index contributed by atoms with van der Waals surface area (Å²) in [4.78, 5) is 10.9. The first-order valence-electron chi connectivity index (χ1n) is 8.32. The fourth-order valence-electron chi connectivity index (χ4n) is 2.10. The highest BCUT2D eigenvalue weighted by atomic mass is 35.5. The Bertz CT molecular complexity index is 658. The van der Waals surface area contributed by atoms with Crippen LogP contribution in [-0.2, 0) is 6.42 Å². The number of nitrogens with one attached hydrogen (secondary N) is 1. The van der Waals surface area contributed by atoms with Gasteiger partial charge >= 0.3 is 5.97 Å². The topological polar surface area (TPSA) is 89.0 Å². The van der Waals surface area contributed by atoms with Crippen LogP contribution in [0, 0.1) is 0 Å². The van der Waals surface area contributed by atoms with Crippen molar-refractivity contribution < 1.29 is 20.3 Å². The summed E-state index contributed by atoms with van der Waals surface area (Å²) in [5.74, 6) is -1.70. The molecule has 0 radical (unpaired) electrons. The molecule has 25 heavy (non-hydrogen) atoms. The molecule has 0 atom stereocenters. The predicted molar refractivity (Wildman–Crippen MR) is 99.5 cm³/mol. The molecule has 2 aromatic rings. The van der Waals surface area contributed by atoms with Crippen LogP contribution in [0.1, 0.15) is 29.8 Å². The van der Waals surface area contributed by atoms with Gasteiger partial charge in [-0.1, -0.05) is 35.5 Å². The molecule has 0 saturated carbocycles. The lowest BCUT2D eigenvalue weighted by atomic mass is 10.1. The molecule has 0 aromatic heterocycles. The van der Waals surface area contributed by atoms with Crippen LogP contribution in [0.4, 0.5) is 5.69 Å². The van der Waals surface area contributed by atoms with Crippen LogP contribution in [0.15, 0.2) is 42.5 Å². The zero-order chi connectivity index (χ0) is 18.7. The molecule has 0 unspecified atom stereocenters. The number of carboxylic acid groups (broad SMARTS) is 1. The number of carbonyl (C=O) groups is 1. The van der Waals surface area contributed by atoms with E-state index in [9.17, 15) is 9.90 Å². The van der Waals surface area contributed by atoms with Crippen molar-refractivity contribution in [1.82, 2.24) is 0 Å². The third kappa shape index (κ3) is 7.92. The van der Waals surface area contributed by atoms with Crippen molar-refractivity contribution in [2.45, 2.75) is 20.3 Å². The fourth-order valence-corrected chi connectivity index (χ4v) is 2.22. The third-order valence-electron chi connectivity index (χ3n) is 3.44. The molecular weight excluding hydrogens is 340 g/mol. The van der Waals surface area contributed by atoms with Gasteiger partial charge in [-0.15, -0.1) is 0 Å². The summed E-state index contributed by atoms with van der Waals surface area (Å²) in [7, 11) is 0. The first kappa shape index (κ1) is 20.8. The van der Waals surface area contributed by atoms with Crippen LogP contribution in [0.2, 0.25) is 5.02 Å². The number of rotatable bonds is 7. The summed E-state index contributed by atoms with van der Waals surface area (Å²) in [6.07, 6.45) is 0.776. The van der Waals surface area contributed by atoms with Crippen molar-refractivity contribution >= 4 is 23.3 Å². The molecule has 0 amide bonds. The maximum atomic E-state index is 11.3. The van der Waals surface area contributed by atoms with E-state index in [1.54, 1.807) is 6.07 Å². The molecule has 5 nitrogen and oxygen atoms in total. The second-order valence-corrected chi connectivity index (χ2v) is 5.86. The number of nitrogens with two attached hydrogens (primary N) is 1. The van der Waals surface area contributed by atoms with Gasteiger partial charge in [0, 0.05) is 17.3 Å². The van der Waals surface area contributed by atoms with Gasteiger partial charge < -0.3 is 20.8 Å². The van der Waals surface area contributed by atoms with E-state index < -0.39 is 11.7 Å². The number of benzene rings is 2. The summed E-state index contributed by atoms with van der Waals surface area (Å²) < 4.78 is 0. The molecule has 0 saturated heterocycles. The van der Waals surface area contributed by atoms with E-state index in [-0.39, 0.29) is 5.56 Å². The lowest BCUT2D eigenvalue weighted by Gasteiger charge is -2.13. The van der Waals surface area contributed by atoms with Gasteiger partial charge in [0.1, 0.15) is 0 Å². The normalized spacial score (nSPS) is 9.88. The molecule has 0 aliphatic heterocycles. The van der Waals surface area contributed by atoms with Gasteiger partial charge in [0.25, 0.3) is 0 Å². The fraction of sp³-hybridized carbons (Fsp3) is 0.316. The highest BCUT2D eigenvalue weighted by Gasteiger charge is 2.04. The highest BCUT2D eigenvalue weighted by molar-refractivity contribution is 6.30. The van der Waals surface area contributed by atoms with Gasteiger partial charge in [0.05, 0.1) is 18.7 Å². The van der Waals surface area contributed by atoms with Gasteiger partial charge in [0.2, 0.25) is 0 Å². The minimum Gasteiger partial charge on any atom is -0.872 e. The van der Waals surface area contributed by atoms with Gasteiger partial charge in [-0.3, -0.25) is 0 Å². The van der Waals surface area contributed by atoms with E-state index in [1.165, 1.54) is 25.2 Å². The van der Waals surface area contributed by atoms with Gasteiger partial charge in [0.15, 0.2) is 0 Å². The molecule has 136 valence electrons. The van der Waals surface area contributed by atoms with Crippen LogP contribution in [0.3, 0.4) is 0 Å². The summed E-state index contributed by atoms with van der Waals surface area (Å²) in [6.45, 7) is 7.39. The Morgan fingerprint density at radius 1 is 1.16 bits per heavy atom. The SMILES string of the molecule is CC[NH2+]CC.O=C(O)c1cc(NCCc2ccc(Cl)cc2)ccc1[O-]. The first-order chi connectivity index (χ1) is 12.0. The second-order valence-electron chi connectivity index (χ2n) is 5.42. The number of anilines is 1. The highest BCUT2D eigenvalue weighted by Crippen LogP contribution is 2.19. The Kier molecular flexibility index (Phi) is 9.43. The second kappa shape index (κ2) is 11.3. The Morgan fingerprint density at radius 3 is 2.32 bits per heavy atom. The minimum atomic E-state index is -1.21. The molecular formula is C19H25ClN2O3. The molecule has 0 fully saturated rings. The molecule has 2 rings (SSSR count). The molecule has 0 bridgehead atoms. The van der Waals surface area contributed by atoms with E-state index in [2.05, 4.69) is 24.5 Å². The molecule has 0 spiro atoms. The molecule has 4 N–H and O–H groups in total. The van der Waals surface area contributed by atoms with Crippen molar-refractivity contribution in [2.75, 3.05) is 25.0 Å². The zero-order valence-corrected chi connectivity index (χ0v) is 15.3. The van der Waals surface area contributed by atoms with Crippen molar-refractivity contribution in [3.63, 3.8) is 0 Å². The zero-order valence-electron chi connectivity index (χ0n) is 14.6. The molecule has 0 aliphatic rings. The average Bonchev–Trinajstić information content (AvgIpc) is 2.59. The molecule has 0 aliphatic carbocycles. The van der Waals surface area contributed by atoms with E-state index in [0.717, 1.165) is 12.0 Å². The Labute approximate surface area is 153 Å². The Balaban J connectivity index is 0.000000550. The third-order valence-corrected chi connectivity index (χ3v) is 3.70. The van der Waals surface area contributed by atoms with Crippen molar-refractivity contribution in [1.29, 1.82) is 0 Å². The monoisotopic (exact) mass is 364 g/mol. The van der Waals surface area contributed by atoms with Gasteiger partial charge in [-0.05, 0) is 50.1 Å². The number of carboxylic acids is 1. The average molecular weight is 365 g/mol. The van der Waals surface area contributed by atoms with E-state index >= 15 is 0 Å². The molecule has 2 aromatic carbocycles. The van der Waals surface area contributed by atoms with Gasteiger partial charge in [-0.2, -0.15) is 0 Å². The number of hydrogen-bond donors (Lipinski definition) is 3. The summed E-state index contributed by atoms with van der Waals surface area (Å²) >= 11 is 5.80. The molecule has 6 heteroatoms. The van der Waals surface area contributed by atoms with Crippen molar-refractivity contribution in [3.05, 3.63) is 58.6 Å². The van der Waals surface area contributed by atoms with E-state index in [1.807, 2.05) is 24.3 Å². The minimum absolute atomic E-state index is 0.221. The number of hydrogen-bond acceptors (Lipinski definition) is 3. The predicted octanol–water partition coefficient (Wildman–Crippen LogP) is 2.36. The smallest absolute Gasteiger partial charge is 0.335 e. The lowest BCUT2D eigenvalue weighted by Crippen LogP contribution is -2.82. The van der Waals surface area contributed by atoms with Crippen molar-refractivity contribution in [2.24, 2.45) is 0 Å². The maximum absolute atomic E-state index is 11.3. The summed E-state index contributed by atoms with van der Waals surface area (Å²) in [5, 5.41) is 26.2. The van der Waals surface area contributed by atoms with Crippen molar-refractivity contribution in [3.8, 4) is 5.75 Å². The molecule has 0 heterocycles.